The Labute approximate surface area is 107 Å². The third-order valence-electron chi connectivity index (χ3n) is 3.36. The first-order chi connectivity index (χ1) is 8.81. The summed E-state index contributed by atoms with van der Waals surface area (Å²) in [5, 5.41) is 18.6. The molecule has 1 aliphatic heterocycles. The molecule has 8 heteroatoms. The fraction of sp³-hybridized carbons (Fsp3) is 0.636. The van der Waals surface area contributed by atoms with Crippen LogP contribution in [0.5, 0.6) is 0 Å². The first kappa shape index (κ1) is 13.9. The minimum absolute atomic E-state index is 0.207. The second kappa shape index (κ2) is 4.55. The zero-order valence-corrected chi connectivity index (χ0v) is 10.5. The number of H-pyrrole nitrogens is 1. The summed E-state index contributed by atoms with van der Waals surface area (Å²) in [7, 11) is 0. The average molecular weight is 274 g/mol. The number of hydrogen-bond donors (Lipinski definition) is 3. The van der Waals surface area contributed by atoms with Gasteiger partial charge in [-0.15, -0.1) is 0 Å². The minimum atomic E-state index is -1.91. The van der Waals surface area contributed by atoms with Crippen LogP contribution in [-0.4, -0.2) is 44.8 Å². The molecule has 1 fully saturated rings. The lowest BCUT2D eigenvalue weighted by Crippen LogP contribution is -2.48. The largest absolute Gasteiger partial charge is 0.394 e. The highest BCUT2D eigenvalue weighted by Gasteiger charge is 2.54. The smallest absolute Gasteiger partial charge is 0.330 e. The molecule has 1 unspecified atom stereocenters. The number of alkyl halides is 1. The molecule has 1 saturated heterocycles. The SMILES string of the molecule is Cc1cn([C@]2(C)O[C@H](CO)[C@@H](O)C2F)c(=O)[nH]c1=O. The van der Waals surface area contributed by atoms with E-state index in [2.05, 4.69) is 0 Å². The van der Waals surface area contributed by atoms with Gasteiger partial charge in [0.05, 0.1) is 6.61 Å². The average Bonchev–Trinajstić information content (AvgIpc) is 2.59. The van der Waals surface area contributed by atoms with Gasteiger partial charge in [-0.05, 0) is 13.8 Å². The molecule has 0 aromatic carbocycles. The molecular formula is C11H15FN2O5. The van der Waals surface area contributed by atoms with E-state index in [4.69, 9.17) is 9.84 Å². The maximum Gasteiger partial charge on any atom is 0.330 e. The van der Waals surface area contributed by atoms with Crippen molar-refractivity contribution in [1.82, 2.24) is 9.55 Å². The Morgan fingerprint density at radius 3 is 2.74 bits per heavy atom. The van der Waals surface area contributed by atoms with Crippen molar-refractivity contribution in [3.05, 3.63) is 32.6 Å². The van der Waals surface area contributed by atoms with Gasteiger partial charge in [0.25, 0.3) is 5.56 Å². The highest BCUT2D eigenvalue weighted by atomic mass is 19.1. The number of aliphatic hydroxyl groups is 2. The molecule has 2 rings (SSSR count). The van der Waals surface area contributed by atoms with Gasteiger partial charge in [-0.3, -0.25) is 14.3 Å². The molecule has 3 N–H and O–H groups in total. The molecule has 4 atom stereocenters. The summed E-state index contributed by atoms with van der Waals surface area (Å²) in [6.07, 6.45) is -3.42. The summed E-state index contributed by atoms with van der Waals surface area (Å²) in [6, 6.07) is 0. The Kier molecular flexibility index (Phi) is 3.33. The van der Waals surface area contributed by atoms with Gasteiger partial charge in [-0.25, -0.2) is 9.18 Å². The molecule has 19 heavy (non-hydrogen) atoms. The lowest BCUT2D eigenvalue weighted by atomic mass is 10.1. The summed E-state index contributed by atoms with van der Waals surface area (Å²) in [6.45, 7) is 2.16. The minimum Gasteiger partial charge on any atom is -0.394 e. The summed E-state index contributed by atoms with van der Waals surface area (Å²) >= 11 is 0. The highest BCUT2D eigenvalue weighted by Crippen LogP contribution is 2.36. The number of aromatic amines is 1. The van der Waals surface area contributed by atoms with E-state index in [9.17, 15) is 19.1 Å². The van der Waals surface area contributed by atoms with Crippen LogP contribution in [0.15, 0.2) is 15.8 Å². The number of rotatable bonds is 2. The maximum atomic E-state index is 14.2. The molecule has 0 radical (unpaired) electrons. The molecular weight excluding hydrogens is 259 g/mol. The van der Waals surface area contributed by atoms with Crippen LogP contribution >= 0.6 is 0 Å². The van der Waals surface area contributed by atoms with Crippen LogP contribution in [0.25, 0.3) is 0 Å². The van der Waals surface area contributed by atoms with Crippen molar-refractivity contribution < 1.29 is 19.3 Å². The molecule has 7 nitrogen and oxygen atoms in total. The van der Waals surface area contributed by atoms with Crippen molar-refractivity contribution in [1.29, 1.82) is 0 Å². The Hall–Kier alpha value is -1.51. The Morgan fingerprint density at radius 1 is 1.58 bits per heavy atom. The van der Waals surface area contributed by atoms with Crippen molar-refractivity contribution in [3.63, 3.8) is 0 Å². The molecule has 2 heterocycles. The lowest BCUT2D eigenvalue weighted by molar-refractivity contribution is -0.123. The van der Waals surface area contributed by atoms with Crippen LogP contribution in [0.1, 0.15) is 12.5 Å². The number of nitrogens with zero attached hydrogens (tertiary/aromatic N) is 1. The molecule has 106 valence electrons. The predicted molar refractivity (Wildman–Crippen MR) is 62.6 cm³/mol. The Morgan fingerprint density at radius 2 is 2.21 bits per heavy atom. The fourth-order valence-electron chi connectivity index (χ4n) is 2.18. The normalized spacial score (nSPS) is 34.7. The van der Waals surface area contributed by atoms with Crippen LogP contribution in [0.4, 0.5) is 4.39 Å². The molecule has 1 aliphatic rings. The van der Waals surface area contributed by atoms with Gasteiger partial charge in [0.2, 0.25) is 0 Å². The zero-order valence-electron chi connectivity index (χ0n) is 10.5. The van der Waals surface area contributed by atoms with E-state index in [0.29, 0.717) is 0 Å². The van der Waals surface area contributed by atoms with Gasteiger partial charge in [0, 0.05) is 11.8 Å². The van der Waals surface area contributed by atoms with Crippen molar-refractivity contribution in [2.45, 2.75) is 38.0 Å². The van der Waals surface area contributed by atoms with Crippen molar-refractivity contribution in [3.8, 4) is 0 Å². The van der Waals surface area contributed by atoms with Crippen LogP contribution < -0.4 is 11.2 Å². The van der Waals surface area contributed by atoms with E-state index in [1.165, 1.54) is 20.0 Å². The summed E-state index contributed by atoms with van der Waals surface area (Å²) in [5.74, 6) is 0. The number of ether oxygens (including phenoxy) is 1. The van der Waals surface area contributed by atoms with E-state index in [1.807, 2.05) is 4.98 Å². The number of nitrogens with one attached hydrogen (secondary N) is 1. The number of aliphatic hydroxyl groups excluding tert-OH is 2. The van der Waals surface area contributed by atoms with Crippen LogP contribution in [0.3, 0.4) is 0 Å². The quantitative estimate of drug-likeness (QED) is 0.616. The van der Waals surface area contributed by atoms with E-state index in [0.717, 1.165) is 4.57 Å². The van der Waals surface area contributed by atoms with Gasteiger partial charge in [0.15, 0.2) is 11.9 Å². The third-order valence-corrected chi connectivity index (χ3v) is 3.36. The second-order valence-electron chi connectivity index (χ2n) is 4.73. The first-order valence-electron chi connectivity index (χ1n) is 5.75. The van der Waals surface area contributed by atoms with Gasteiger partial charge >= 0.3 is 5.69 Å². The van der Waals surface area contributed by atoms with Crippen molar-refractivity contribution in [2.75, 3.05) is 6.61 Å². The van der Waals surface area contributed by atoms with E-state index < -0.39 is 42.0 Å². The molecule has 0 saturated carbocycles. The number of aromatic nitrogens is 2. The molecule has 0 amide bonds. The topological polar surface area (TPSA) is 105 Å². The van der Waals surface area contributed by atoms with E-state index >= 15 is 0 Å². The highest BCUT2D eigenvalue weighted by molar-refractivity contribution is 5.06. The first-order valence-corrected chi connectivity index (χ1v) is 5.75. The van der Waals surface area contributed by atoms with E-state index in [1.54, 1.807) is 0 Å². The number of halogens is 1. The van der Waals surface area contributed by atoms with Gasteiger partial charge < -0.3 is 14.9 Å². The Bertz CT molecular complexity index is 597. The summed E-state index contributed by atoms with van der Waals surface area (Å²) in [5.41, 5.74) is -2.98. The fourth-order valence-corrected chi connectivity index (χ4v) is 2.18. The Balaban J connectivity index is 2.55. The van der Waals surface area contributed by atoms with Gasteiger partial charge in [-0.2, -0.15) is 0 Å². The molecule has 1 aromatic heterocycles. The number of hydrogen-bond acceptors (Lipinski definition) is 5. The maximum absolute atomic E-state index is 14.2. The second-order valence-corrected chi connectivity index (χ2v) is 4.73. The lowest BCUT2D eigenvalue weighted by Gasteiger charge is -2.28. The monoisotopic (exact) mass is 274 g/mol. The molecule has 0 aliphatic carbocycles. The third kappa shape index (κ3) is 2.01. The molecule has 0 spiro atoms. The standard InChI is InChI=1S/C11H15FN2O5/c1-5-3-14(10(18)13-9(5)17)11(2)8(12)7(16)6(4-15)19-11/h3,6-8,15-16H,4H2,1-2H3,(H,13,17,18)/t6-,7-,8?,11-/m1/s1. The van der Waals surface area contributed by atoms with Crippen LogP contribution in [-0.2, 0) is 10.5 Å². The van der Waals surface area contributed by atoms with Gasteiger partial charge in [0.1, 0.15) is 12.2 Å². The zero-order chi connectivity index (χ0) is 14.4. The summed E-state index contributed by atoms with van der Waals surface area (Å²) < 4.78 is 20.3. The van der Waals surface area contributed by atoms with Gasteiger partial charge in [-0.1, -0.05) is 0 Å². The van der Waals surface area contributed by atoms with Crippen molar-refractivity contribution >= 4 is 0 Å². The number of aryl methyl sites for hydroxylation is 1. The van der Waals surface area contributed by atoms with Crippen LogP contribution in [0, 0.1) is 6.92 Å². The van der Waals surface area contributed by atoms with Crippen LogP contribution in [0.2, 0.25) is 0 Å². The van der Waals surface area contributed by atoms with E-state index in [-0.39, 0.29) is 5.56 Å². The molecule has 0 bridgehead atoms. The predicted octanol–water partition coefficient (Wildman–Crippen LogP) is -1.39. The summed E-state index contributed by atoms with van der Waals surface area (Å²) in [4.78, 5) is 25.1. The molecule has 1 aromatic rings. The van der Waals surface area contributed by atoms with Crippen molar-refractivity contribution in [2.24, 2.45) is 0 Å².